The zero-order chi connectivity index (χ0) is 16.4. The Morgan fingerprint density at radius 1 is 1.13 bits per heavy atom. The average molecular weight is 324 g/mol. The van der Waals surface area contributed by atoms with Crippen LogP contribution in [-0.4, -0.2) is 16.2 Å². The Balaban J connectivity index is 1.87. The zero-order valence-corrected chi connectivity index (χ0v) is 13.6. The lowest BCUT2D eigenvalue weighted by Crippen LogP contribution is -2.19. The summed E-state index contributed by atoms with van der Waals surface area (Å²) < 4.78 is 0. The van der Waals surface area contributed by atoms with Gasteiger partial charge in [-0.1, -0.05) is 35.9 Å². The molecule has 0 atom stereocenters. The number of hydrogen-bond donors (Lipinski definition) is 2. The minimum atomic E-state index is -0.178. The monoisotopic (exact) mass is 324 g/mol. The fraction of sp³-hybridized carbons (Fsp3) is 0.111. The van der Waals surface area contributed by atoms with Crippen LogP contribution in [0.15, 0.2) is 52.4 Å². The minimum Gasteiger partial charge on any atom is -0.506 e. The Bertz CT molecular complexity index is 841. The van der Waals surface area contributed by atoms with Gasteiger partial charge >= 0.3 is 0 Å². The van der Waals surface area contributed by atoms with Crippen LogP contribution in [0.2, 0.25) is 0 Å². The second-order valence-corrected chi connectivity index (χ2v) is 6.42. The predicted molar refractivity (Wildman–Crippen MR) is 94.8 cm³/mol. The first kappa shape index (κ1) is 15.4. The number of nitrogens with one attached hydrogen (secondary N) is 1. The van der Waals surface area contributed by atoms with Crippen molar-refractivity contribution < 1.29 is 9.90 Å². The largest absolute Gasteiger partial charge is 0.506 e. The van der Waals surface area contributed by atoms with Crippen molar-refractivity contribution in [2.24, 2.45) is 4.99 Å². The van der Waals surface area contributed by atoms with Crippen molar-refractivity contribution in [1.82, 2.24) is 5.32 Å². The molecule has 2 aromatic carbocycles. The molecule has 1 saturated heterocycles. The number of aromatic hydroxyl groups is 1. The zero-order valence-electron chi connectivity index (χ0n) is 12.8. The van der Waals surface area contributed by atoms with E-state index in [2.05, 4.69) is 10.3 Å². The second-order valence-electron chi connectivity index (χ2n) is 5.39. The van der Waals surface area contributed by atoms with Crippen LogP contribution in [0.25, 0.3) is 6.08 Å². The Kier molecular flexibility index (Phi) is 4.21. The van der Waals surface area contributed by atoms with Gasteiger partial charge in [-0.2, -0.15) is 0 Å². The Hall–Kier alpha value is -2.53. The van der Waals surface area contributed by atoms with E-state index in [9.17, 15) is 9.90 Å². The number of rotatable bonds is 2. The van der Waals surface area contributed by atoms with Crippen molar-refractivity contribution in [3.63, 3.8) is 0 Å². The van der Waals surface area contributed by atoms with Gasteiger partial charge in [-0.3, -0.25) is 4.79 Å². The maximum absolute atomic E-state index is 12.1. The molecule has 23 heavy (non-hydrogen) atoms. The summed E-state index contributed by atoms with van der Waals surface area (Å²) in [5.41, 5.74) is 3.56. The first-order chi connectivity index (χ1) is 11.0. The summed E-state index contributed by atoms with van der Waals surface area (Å²) in [6.07, 6.45) is 1.84. The molecular weight excluding hydrogens is 308 g/mol. The number of nitrogens with zero attached hydrogens (tertiary/aromatic N) is 1. The van der Waals surface area contributed by atoms with E-state index in [0.717, 1.165) is 16.7 Å². The van der Waals surface area contributed by atoms with Crippen molar-refractivity contribution >= 4 is 34.6 Å². The lowest BCUT2D eigenvalue weighted by atomic mass is 10.1. The summed E-state index contributed by atoms with van der Waals surface area (Å²) in [6, 6.07) is 13.1. The first-order valence-corrected chi connectivity index (χ1v) is 7.99. The highest BCUT2D eigenvalue weighted by molar-refractivity contribution is 8.18. The van der Waals surface area contributed by atoms with Gasteiger partial charge in [0.25, 0.3) is 5.91 Å². The molecule has 0 aliphatic carbocycles. The molecule has 1 heterocycles. The summed E-state index contributed by atoms with van der Waals surface area (Å²) in [6.45, 7) is 3.93. The second kappa shape index (κ2) is 6.30. The molecule has 0 saturated carbocycles. The van der Waals surface area contributed by atoms with Gasteiger partial charge in [-0.05, 0) is 54.9 Å². The van der Waals surface area contributed by atoms with E-state index in [1.807, 2.05) is 50.3 Å². The lowest BCUT2D eigenvalue weighted by Gasteiger charge is -2.01. The number of thioether (sulfide) groups is 1. The lowest BCUT2D eigenvalue weighted by molar-refractivity contribution is -0.115. The van der Waals surface area contributed by atoms with Crippen molar-refractivity contribution in [1.29, 1.82) is 0 Å². The molecule has 1 amide bonds. The first-order valence-electron chi connectivity index (χ1n) is 7.17. The molecule has 1 fully saturated rings. The summed E-state index contributed by atoms with van der Waals surface area (Å²) in [5.74, 6) is -0.0866. The van der Waals surface area contributed by atoms with Crippen LogP contribution in [0.4, 0.5) is 5.69 Å². The molecule has 1 aliphatic rings. The molecule has 3 rings (SSSR count). The van der Waals surface area contributed by atoms with E-state index >= 15 is 0 Å². The maximum Gasteiger partial charge on any atom is 0.264 e. The Morgan fingerprint density at radius 2 is 1.91 bits per heavy atom. The van der Waals surface area contributed by atoms with Crippen LogP contribution >= 0.6 is 11.8 Å². The summed E-state index contributed by atoms with van der Waals surface area (Å²) in [7, 11) is 0. The van der Waals surface area contributed by atoms with Crippen LogP contribution in [0.3, 0.4) is 0 Å². The van der Waals surface area contributed by atoms with Crippen molar-refractivity contribution in [2.75, 3.05) is 0 Å². The third kappa shape index (κ3) is 3.63. The fourth-order valence-corrected chi connectivity index (χ4v) is 3.06. The molecule has 4 nitrogen and oxygen atoms in total. The molecule has 5 heteroatoms. The quantitative estimate of drug-likeness (QED) is 0.824. The van der Waals surface area contributed by atoms with Crippen LogP contribution < -0.4 is 5.32 Å². The molecule has 2 N–H and O–H groups in total. The van der Waals surface area contributed by atoms with Crippen LogP contribution in [-0.2, 0) is 4.79 Å². The van der Waals surface area contributed by atoms with Gasteiger partial charge in [0, 0.05) is 0 Å². The van der Waals surface area contributed by atoms with Crippen molar-refractivity contribution in [2.45, 2.75) is 13.8 Å². The molecule has 116 valence electrons. The third-order valence-electron chi connectivity index (χ3n) is 3.34. The molecule has 0 bridgehead atoms. The minimum absolute atomic E-state index is 0.0917. The molecule has 0 unspecified atom stereocenters. The fourth-order valence-electron chi connectivity index (χ4n) is 2.22. The van der Waals surface area contributed by atoms with Gasteiger partial charge in [0.2, 0.25) is 0 Å². The summed E-state index contributed by atoms with van der Waals surface area (Å²) in [5, 5.41) is 13.0. The molecule has 0 radical (unpaired) electrons. The molecule has 1 aliphatic heterocycles. The topological polar surface area (TPSA) is 61.7 Å². The normalized spacial score (nSPS) is 17.7. The SMILES string of the molecule is Cc1cccc(/C=C2\SC(=Nc3cc(C)ccc3O)NC2=O)c1. The molecular formula is C18H16N2O2S. The van der Waals surface area contributed by atoms with Crippen LogP contribution in [0.1, 0.15) is 16.7 Å². The highest BCUT2D eigenvalue weighted by atomic mass is 32.2. The van der Waals surface area contributed by atoms with Crippen LogP contribution in [0.5, 0.6) is 5.75 Å². The maximum atomic E-state index is 12.1. The van der Waals surface area contributed by atoms with E-state index in [1.165, 1.54) is 11.8 Å². The number of benzene rings is 2. The van der Waals surface area contributed by atoms with E-state index in [-0.39, 0.29) is 11.7 Å². The Morgan fingerprint density at radius 3 is 2.70 bits per heavy atom. The third-order valence-corrected chi connectivity index (χ3v) is 4.25. The summed E-state index contributed by atoms with van der Waals surface area (Å²) in [4.78, 5) is 17.0. The predicted octanol–water partition coefficient (Wildman–Crippen LogP) is 3.90. The van der Waals surface area contributed by atoms with Gasteiger partial charge in [-0.25, -0.2) is 4.99 Å². The Labute approximate surface area is 139 Å². The highest BCUT2D eigenvalue weighted by Crippen LogP contribution is 2.32. The number of hydrogen-bond acceptors (Lipinski definition) is 4. The highest BCUT2D eigenvalue weighted by Gasteiger charge is 2.24. The van der Waals surface area contributed by atoms with Crippen molar-refractivity contribution in [3.05, 3.63) is 64.1 Å². The van der Waals surface area contributed by atoms with Gasteiger partial charge in [0.1, 0.15) is 11.4 Å². The summed E-state index contributed by atoms with van der Waals surface area (Å²) >= 11 is 1.27. The van der Waals surface area contributed by atoms with Gasteiger partial charge < -0.3 is 10.4 Å². The van der Waals surface area contributed by atoms with Gasteiger partial charge in [0.15, 0.2) is 5.17 Å². The average Bonchev–Trinajstić information content (AvgIpc) is 2.83. The number of aryl methyl sites for hydroxylation is 2. The van der Waals surface area contributed by atoms with Gasteiger partial charge in [-0.15, -0.1) is 0 Å². The van der Waals surface area contributed by atoms with E-state index < -0.39 is 0 Å². The number of phenols is 1. The number of amidine groups is 1. The molecule has 2 aromatic rings. The van der Waals surface area contributed by atoms with Crippen molar-refractivity contribution in [3.8, 4) is 5.75 Å². The number of aliphatic imine (C=N–C) groups is 1. The smallest absolute Gasteiger partial charge is 0.264 e. The standard InChI is InChI=1S/C18H16N2O2S/c1-11-4-3-5-13(8-11)10-16-17(22)20-18(23-16)19-14-9-12(2)6-7-15(14)21/h3-10,21H,1-2H3,(H,19,20,22)/b16-10-. The van der Waals surface area contributed by atoms with E-state index in [1.54, 1.807) is 12.1 Å². The number of carbonyl (C=O) groups is 1. The van der Waals surface area contributed by atoms with E-state index in [4.69, 9.17) is 0 Å². The van der Waals surface area contributed by atoms with E-state index in [0.29, 0.717) is 15.8 Å². The number of carbonyl (C=O) groups excluding carboxylic acids is 1. The van der Waals surface area contributed by atoms with Gasteiger partial charge in [0.05, 0.1) is 4.91 Å². The molecule has 0 spiro atoms. The molecule has 0 aromatic heterocycles. The number of amides is 1. The van der Waals surface area contributed by atoms with Crippen LogP contribution in [0, 0.1) is 13.8 Å². The number of phenolic OH excluding ortho intramolecular Hbond substituents is 1.